The van der Waals surface area contributed by atoms with Crippen LogP contribution in [0.3, 0.4) is 0 Å². The summed E-state index contributed by atoms with van der Waals surface area (Å²) in [4.78, 5) is 12.3. The van der Waals surface area contributed by atoms with Gasteiger partial charge in [-0.25, -0.2) is 0 Å². The van der Waals surface area contributed by atoms with Gasteiger partial charge in [0.15, 0.2) is 0 Å². The summed E-state index contributed by atoms with van der Waals surface area (Å²) in [7, 11) is 1.61. The molecule has 0 saturated carbocycles. The van der Waals surface area contributed by atoms with Crippen LogP contribution in [-0.4, -0.2) is 26.1 Å². The summed E-state index contributed by atoms with van der Waals surface area (Å²) in [5, 5.41) is 6.38. The number of methoxy groups -OCH3 is 1. The predicted octanol–water partition coefficient (Wildman–Crippen LogP) is 3.73. The van der Waals surface area contributed by atoms with Crippen molar-refractivity contribution in [3.8, 4) is 5.75 Å². The Balaban J connectivity index is 2.00. The second kappa shape index (κ2) is 9.84. The van der Waals surface area contributed by atoms with Crippen molar-refractivity contribution in [2.75, 3.05) is 20.2 Å². The van der Waals surface area contributed by atoms with Crippen LogP contribution in [0, 0.1) is 0 Å². The highest BCUT2D eigenvalue weighted by molar-refractivity contribution is 5.97. The molecule has 2 N–H and O–H groups in total. The fourth-order valence-electron chi connectivity index (χ4n) is 2.80. The number of rotatable bonds is 9. The molecule has 1 amide bonds. The average Bonchev–Trinajstić information content (AvgIpc) is 2.66. The number of hydrogen-bond acceptors (Lipinski definition) is 3. The van der Waals surface area contributed by atoms with Crippen LogP contribution in [0.15, 0.2) is 48.5 Å². The van der Waals surface area contributed by atoms with E-state index in [4.69, 9.17) is 4.74 Å². The van der Waals surface area contributed by atoms with Crippen molar-refractivity contribution >= 4 is 5.91 Å². The third-order valence-corrected chi connectivity index (χ3v) is 4.22. The molecule has 4 heteroatoms. The molecule has 0 bridgehead atoms. The predicted molar refractivity (Wildman–Crippen MR) is 102 cm³/mol. The van der Waals surface area contributed by atoms with Gasteiger partial charge in [-0.15, -0.1) is 0 Å². The number of amides is 1. The molecule has 4 nitrogen and oxygen atoms in total. The number of benzene rings is 2. The van der Waals surface area contributed by atoms with E-state index >= 15 is 0 Å². The molecule has 0 heterocycles. The summed E-state index contributed by atoms with van der Waals surface area (Å²) in [5.41, 5.74) is 2.90. The lowest BCUT2D eigenvalue weighted by Gasteiger charge is -2.16. The van der Waals surface area contributed by atoms with Gasteiger partial charge in [-0.2, -0.15) is 0 Å². The van der Waals surface area contributed by atoms with Gasteiger partial charge in [0.2, 0.25) is 0 Å². The fraction of sp³-hybridized carbons (Fsp3) is 0.381. The SMILES string of the molecule is CCCNC(=O)c1cccc(CNCC(C)c2ccccc2)c1OC. The van der Waals surface area contributed by atoms with Crippen molar-refractivity contribution in [2.45, 2.75) is 32.7 Å². The van der Waals surface area contributed by atoms with Gasteiger partial charge >= 0.3 is 0 Å². The van der Waals surface area contributed by atoms with Crippen LogP contribution in [0.4, 0.5) is 0 Å². The lowest BCUT2D eigenvalue weighted by molar-refractivity contribution is 0.0950. The molecule has 2 rings (SSSR count). The first-order valence-electron chi connectivity index (χ1n) is 8.87. The van der Waals surface area contributed by atoms with Crippen LogP contribution in [0.5, 0.6) is 5.75 Å². The summed E-state index contributed by atoms with van der Waals surface area (Å²) in [6.45, 7) is 6.42. The number of carbonyl (C=O) groups is 1. The van der Waals surface area contributed by atoms with Gasteiger partial charge in [0, 0.05) is 25.2 Å². The second-order valence-corrected chi connectivity index (χ2v) is 6.20. The van der Waals surface area contributed by atoms with E-state index in [1.807, 2.05) is 25.1 Å². The van der Waals surface area contributed by atoms with Gasteiger partial charge in [-0.3, -0.25) is 4.79 Å². The van der Waals surface area contributed by atoms with Gasteiger partial charge in [-0.1, -0.05) is 56.3 Å². The zero-order valence-electron chi connectivity index (χ0n) is 15.3. The van der Waals surface area contributed by atoms with Crippen molar-refractivity contribution in [3.05, 3.63) is 65.2 Å². The maximum absolute atomic E-state index is 12.3. The summed E-state index contributed by atoms with van der Waals surface area (Å²) in [5.74, 6) is 0.984. The molecule has 2 aromatic rings. The highest BCUT2D eigenvalue weighted by Gasteiger charge is 2.15. The maximum Gasteiger partial charge on any atom is 0.255 e. The number of ether oxygens (including phenoxy) is 1. The van der Waals surface area contributed by atoms with Crippen molar-refractivity contribution in [1.29, 1.82) is 0 Å². The Morgan fingerprint density at radius 1 is 1.12 bits per heavy atom. The zero-order chi connectivity index (χ0) is 18.1. The van der Waals surface area contributed by atoms with Crippen molar-refractivity contribution in [1.82, 2.24) is 10.6 Å². The first-order chi connectivity index (χ1) is 12.2. The highest BCUT2D eigenvalue weighted by atomic mass is 16.5. The van der Waals surface area contributed by atoms with Crippen LogP contribution in [0.25, 0.3) is 0 Å². The third-order valence-electron chi connectivity index (χ3n) is 4.22. The van der Waals surface area contributed by atoms with Crippen molar-refractivity contribution in [2.24, 2.45) is 0 Å². The van der Waals surface area contributed by atoms with Crippen LogP contribution < -0.4 is 15.4 Å². The monoisotopic (exact) mass is 340 g/mol. The topological polar surface area (TPSA) is 50.4 Å². The van der Waals surface area contributed by atoms with E-state index in [1.165, 1.54) is 5.56 Å². The van der Waals surface area contributed by atoms with E-state index in [2.05, 4.69) is 41.8 Å². The molecule has 134 valence electrons. The van der Waals surface area contributed by atoms with E-state index in [0.717, 1.165) is 18.5 Å². The number of para-hydroxylation sites is 1. The molecule has 0 radical (unpaired) electrons. The molecule has 1 unspecified atom stereocenters. The normalized spacial score (nSPS) is 11.8. The Hall–Kier alpha value is -2.33. The molecule has 1 atom stereocenters. The molecule has 25 heavy (non-hydrogen) atoms. The van der Waals surface area contributed by atoms with E-state index in [0.29, 0.717) is 30.3 Å². The smallest absolute Gasteiger partial charge is 0.255 e. The van der Waals surface area contributed by atoms with Gasteiger partial charge in [0.1, 0.15) is 5.75 Å². The quantitative estimate of drug-likeness (QED) is 0.731. The first kappa shape index (κ1) is 19.0. The third kappa shape index (κ3) is 5.33. The van der Waals surface area contributed by atoms with E-state index in [-0.39, 0.29) is 5.91 Å². The molecule has 0 aliphatic heterocycles. The molecule has 0 fully saturated rings. The van der Waals surface area contributed by atoms with Crippen LogP contribution in [0.1, 0.15) is 47.7 Å². The maximum atomic E-state index is 12.3. The molecular formula is C21H28N2O2. The fourth-order valence-corrected chi connectivity index (χ4v) is 2.80. The Morgan fingerprint density at radius 3 is 2.56 bits per heavy atom. The largest absolute Gasteiger partial charge is 0.496 e. The van der Waals surface area contributed by atoms with Gasteiger partial charge < -0.3 is 15.4 Å². The van der Waals surface area contributed by atoms with Crippen molar-refractivity contribution < 1.29 is 9.53 Å². The van der Waals surface area contributed by atoms with Crippen LogP contribution in [-0.2, 0) is 6.54 Å². The van der Waals surface area contributed by atoms with Gasteiger partial charge in [0.25, 0.3) is 5.91 Å². The average molecular weight is 340 g/mol. The minimum Gasteiger partial charge on any atom is -0.496 e. The molecule has 0 spiro atoms. The van der Waals surface area contributed by atoms with Crippen LogP contribution in [0.2, 0.25) is 0 Å². The summed E-state index contributed by atoms with van der Waals surface area (Å²) < 4.78 is 5.52. The molecule has 0 aliphatic carbocycles. The molecular weight excluding hydrogens is 312 g/mol. The Kier molecular flexibility index (Phi) is 7.48. The molecule has 0 aromatic heterocycles. The standard InChI is InChI=1S/C21H28N2O2/c1-4-13-23-21(24)19-12-8-11-18(20(19)25-3)15-22-14-16(2)17-9-6-5-7-10-17/h5-12,16,22H,4,13-15H2,1-3H3,(H,23,24). The molecule has 0 aliphatic rings. The number of nitrogens with one attached hydrogen (secondary N) is 2. The molecule has 0 saturated heterocycles. The minimum atomic E-state index is -0.0850. The summed E-state index contributed by atoms with van der Waals surface area (Å²) in [6, 6.07) is 16.2. The van der Waals surface area contributed by atoms with Crippen LogP contribution >= 0.6 is 0 Å². The second-order valence-electron chi connectivity index (χ2n) is 6.20. The number of carbonyl (C=O) groups excluding carboxylic acids is 1. The Labute approximate surface area is 150 Å². The van der Waals surface area contributed by atoms with Crippen molar-refractivity contribution in [3.63, 3.8) is 0 Å². The Morgan fingerprint density at radius 2 is 1.88 bits per heavy atom. The van der Waals surface area contributed by atoms with Gasteiger partial charge in [0.05, 0.1) is 12.7 Å². The first-order valence-corrected chi connectivity index (χ1v) is 8.87. The summed E-state index contributed by atoms with van der Waals surface area (Å²) >= 11 is 0. The minimum absolute atomic E-state index is 0.0850. The molecule has 2 aromatic carbocycles. The van der Waals surface area contributed by atoms with E-state index in [9.17, 15) is 4.79 Å². The lowest BCUT2D eigenvalue weighted by Crippen LogP contribution is -2.25. The summed E-state index contributed by atoms with van der Waals surface area (Å²) in [6.07, 6.45) is 0.909. The number of hydrogen-bond donors (Lipinski definition) is 2. The lowest BCUT2D eigenvalue weighted by atomic mass is 10.0. The van der Waals surface area contributed by atoms with Gasteiger partial charge in [-0.05, 0) is 24.0 Å². The Bertz CT molecular complexity index is 671. The zero-order valence-corrected chi connectivity index (χ0v) is 15.3. The van der Waals surface area contributed by atoms with E-state index < -0.39 is 0 Å². The highest BCUT2D eigenvalue weighted by Crippen LogP contribution is 2.24. The van der Waals surface area contributed by atoms with E-state index in [1.54, 1.807) is 13.2 Å².